The monoisotopic (exact) mass is 434 g/mol. The fourth-order valence-corrected chi connectivity index (χ4v) is 3.82. The van der Waals surface area contributed by atoms with Crippen LogP contribution in [0.3, 0.4) is 0 Å². The van der Waals surface area contributed by atoms with Gasteiger partial charge in [-0.3, -0.25) is 9.59 Å². The van der Waals surface area contributed by atoms with Gasteiger partial charge in [0.25, 0.3) is 5.91 Å². The predicted molar refractivity (Wildman–Crippen MR) is 125 cm³/mol. The minimum absolute atomic E-state index is 0.0444. The second-order valence-corrected chi connectivity index (χ2v) is 7.88. The molecule has 0 spiro atoms. The van der Waals surface area contributed by atoms with E-state index in [9.17, 15) is 9.59 Å². The molecule has 0 saturated carbocycles. The molecule has 2 amide bonds. The van der Waals surface area contributed by atoms with Crippen molar-refractivity contribution in [1.82, 2.24) is 14.9 Å². The van der Waals surface area contributed by atoms with Crippen molar-refractivity contribution in [1.29, 1.82) is 0 Å². The third-order valence-corrected chi connectivity index (χ3v) is 5.53. The molecule has 160 valence electrons. The molecule has 0 unspecified atom stereocenters. The van der Waals surface area contributed by atoms with Crippen LogP contribution in [0, 0.1) is 6.92 Å². The van der Waals surface area contributed by atoms with E-state index >= 15 is 0 Å². The SMILES string of the molecule is CCN(CC)C(=O)c1cccc(NC(=O)CSc2nc(C)cc(-c3ccccc3)n2)c1. The first-order valence-electron chi connectivity index (χ1n) is 10.2. The molecular formula is C24H26N4O2S. The molecule has 0 bridgehead atoms. The number of thioether (sulfide) groups is 1. The number of nitrogens with zero attached hydrogens (tertiary/aromatic N) is 3. The number of rotatable bonds is 8. The van der Waals surface area contributed by atoms with Crippen molar-refractivity contribution in [2.75, 3.05) is 24.2 Å². The maximum atomic E-state index is 12.5. The molecule has 0 radical (unpaired) electrons. The van der Waals surface area contributed by atoms with Crippen LogP contribution < -0.4 is 5.32 Å². The van der Waals surface area contributed by atoms with E-state index < -0.39 is 0 Å². The Bertz CT molecular complexity index is 1050. The lowest BCUT2D eigenvalue weighted by atomic mass is 10.1. The van der Waals surface area contributed by atoms with Gasteiger partial charge in [0, 0.05) is 35.6 Å². The second-order valence-electron chi connectivity index (χ2n) is 6.94. The van der Waals surface area contributed by atoms with E-state index in [2.05, 4.69) is 15.3 Å². The molecule has 0 fully saturated rings. The van der Waals surface area contributed by atoms with Crippen molar-refractivity contribution in [3.63, 3.8) is 0 Å². The number of benzene rings is 2. The Morgan fingerprint density at radius 2 is 1.71 bits per heavy atom. The molecule has 3 rings (SSSR count). The molecule has 31 heavy (non-hydrogen) atoms. The summed E-state index contributed by atoms with van der Waals surface area (Å²) in [7, 11) is 0. The molecule has 0 aliphatic rings. The molecular weight excluding hydrogens is 408 g/mol. The third-order valence-electron chi connectivity index (χ3n) is 4.68. The first-order valence-corrected chi connectivity index (χ1v) is 11.2. The van der Waals surface area contributed by atoms with Gasteiger partial charge in [-0.05, 0) is 45.0 Å². The highest BCUT2D eigenvalue weighted by molar-refractivity contribution is 7.99. The maximum Gasteiger partial charge on any atom is 0.253 e. The quantitative estimate of drug-likeness (QED) is 0.412. The van der Waals surface area contributed by atoms with Crippen LogP contribution in [0.25, 0.3) is 11.3 Å². The smallest absolute Gasteiger partial charge is 0.253 e. The van der Waals surface area contributed by atoms with Crippen molar-refractivity contribution >= 4 is 29.3 Å². The largest absolute Gasteiger partial charge is 0.339 e. The summed E-state index contributed by atoms with van der Waals surface area (Å²) in [6, 6.07) is 18.8. The van der Waals surface area contributed by atoms with Gasteiger partial charge in [0.15, 0.2) is 5.16 Å². The second kappa shape index (κ2) is 10.7. The third kappa shape index (κ3) is 6.15. The van der Waals surface area contributed by atoms with Crippen LogP contribution in [0.15, 0.2) is 65.8 Å². The van der Waals surface area contributed by atoms with Gasteiger partial charge in [-0.1, -0.05) is 48.2 Å². The lowest BCUT2D eigenvalue weighted by Crippen LogP contribution is -2.30. The molecule has 0 atom stereocenters. The molecule has 7 heteroatoms. The number of nitrogens with one attached hydrogen (secondary N) is 1. The summed E-state index contributed by atoms with van der Waals surface area (Å²) >= 11 is 1.28. The van der Waals surface area contributed by atoms with Gasteiger partial charge >= 0.3 is 0 Å². The van der Waals surface area contributed by atoms with E-state index in [1.165, 1.54) is 11.8 Å². The molecule has 3 aromatic rings. The molecule has 1 N–H and O–H groups in total. The molecule has 0 aliphatic carbocycles. The Morgan fingerprint density at radius 3 is 2.42 bits per heavy atom. The lowest BCUT2D eigenvalue weighted by molar-refractivity contribution is -0.113. The topological polar surface area (TPSA) is 75.2 Å². The number of hydrogen-bond donors (Lipinski definition) is 1. The lowest BCUT2D eigenvalue weighted by Gasteiger charge is -2.19. The highest BCUT2D eigenvalue weighted by atomic mass is 32.2. The standard InChI is InChI=1S/C24H26N4O2S/c1-4-28(5-2)23(30)19-12-9-13-20(15-19)26-22(29)16-31-24-25-17(3)14-21(27-24)18-10-7-6-8-11-18/h6-15H,4-5,16H2,1-3H3,(H,26,29). The summed E-state index contributed by atoms with van der Waals surface area (Å²) in [5.74, 6) is -0.0489. The van der Waals surface area contributed by atoms with Crippen molar-refractivity contribution in [3.8, 4) is 11.3 Å². The van der Waals surface area contributed by atoms with Gasteiger partial charge in [-0.15, -0.1) is 0 Å². The summed E-state index contributed by atoms with van der Waals surface area (Å²) in [5, 5.41) is 3.41. The number of carbonyl (C=O) groups is 2. The van der Waals surface area contributed by atoms with Crippen LogP contribution in [0.5, 0.6) is 0 Å². The highest BCUT2D eigenvalue weighted by Crippen LogP contribution is 2.22. The predicted octanol–water partition coefficient (Wildman–Crippen LogP) is 4.66. The zero-order valence-corrected chi connectivity index (χ0v) is 18.8. The normalized spacial score (nSPS) is 10.5. The summed E-state index contributed by atoms with van der Waals surface area (Å²) < 4.78 is 0. The van der Waals surface area contributed by atoms with Crippen LogP contribution in [0.2, 0.25) is 0 Å². The average molecular weight is 435 g/mol. The van der Waals surface area contributed by atoms with E-state index in [-0.39, 0.29) is 17.6 Å². The number of aromatic nitrogens is 2. The number of anilines is 1. The first kappa shape index (κ1) is 22.5. The average Bonchev–Trinajstić information content (AvgIpc) is 2.79. The molecule has 1 aromatic heterocycles. The molecule has 2 aromatic carbocycles. The van der Waals surface area contributed by atoms with Crippen molar-refractivity contribution < 1.29 is 9.59 Å². The van der Waals surface area contributed by atoms with Crippen LogP contribution >= 0.6 is 11.8 Å². The summed E-state index contributed by atoms with van der Waals surface area (Å²) in [4.78, 5) is 35.8. The molecule has 6 nitrogen and oxygen atoms in total. The molecule has 0 saturated heterocycles. The van der Waals surface area contributed by atoms with E-state index in [1.54, 1.807) is 29.2 Å². The van der Waals surface area contributed by atoms with Crippen LogP contribution in [0.1, 0.15) is 29.9 Å². The summed E-state index contributed by atoms with van der Waals surface area (Å²) in [6.07, 6.45) is 0. The van der Waals surface area contributed by atoms with Gasteiger partial charge in [-0.25, -0.2) is 9.97 Å². The summed E-state index contributed by atoms with van der Waals surface area (Å²) in [5.41, 5.74) is 3.84. The van der Waals surface area contributed by atoms with Crippen LogP contribution in [-0.2, 0) is 4.79 Å². The van der Waals surface area contributed by atoms with E-state index in [0.29, 0.717) is 29.5 Å². The van der Waals surface area contributed by atoms with Gasteiger partial charge in [-0.2, -0.15) is 0 Å². The van der Waals surface area contributed by atoms with E-state index in [4.69, 9.17) is 0 Å². The number of carbonyl (C=O) groups excluding carboxylic acids is 2. The number of amides is 2. The Morgan fingerprint density at radius 1 is 0.968 bits per heavy atom. The first-order chi connectivity index (χ1) is 15.0. The van der Waals surface area contributed by atoms with Gasteiger partial charge in [0.2, 0.25) is 5.91 Å². The van der Waals surface area contributed by atoms with E-state index in [1.807, 2.05) is 57.2 Å². The highest BCUT2D eigenvalue weighted by Gasteiger charge is 2.14. The van der Waals surface area contributed by atoms with Gasteiger partial charge in [0.1, 0.15) is 0 Å². The summed E-state index contributed by atoms with van der Waals surface area (Å²) in [6.45, 7) is 7.09. The number of hydrogen-bond acceptors (Lipinski definition) is 5. The van der Waals surface area contributed by atoms with Crippen molar-refractivity contribution in [3.05, 3.63) is 71.9 Å². The van der Waals surface area contributed by atoms with Crippen molar-refractivity contribution in [2.24, 2.45) is 0 Å². The Kier molecular flexibility index (Phi) is 7.78. The fraction of sp³-hybridized carbons (Fsp3) is 0.250. The molecule has 0 aliphatic heterocycles. The zero-order valence-electron chi connectivity index (χ0n) is 18.0. The Balaban J connectivity index is 1.64. The Hall–Kier alpha value is -3.19. The van der Waals surface area contributed by atoms with Crippen molar-refractivity contribution in [2.45, 2.75) is 25.9 Å². The minimum atomic E-state index is -0.177. The number of aryl methyl sites for hydroxylation is 1. The minimum Gasteiger partial charge on any atom is -0.339 e. The van der Waals surface area contributed by atoms with E-state index in [0.717, 1.165) is 17.0 Å². The maximum absolute atomic E-state index is 12.5. The molecule has 1 heterocycles. The fourth-order valence-electron chi connectivity index (χ4n) is 3.11. The van der Waals surface area contributed by atoms with Crippen LogP contribution in [0.4, 0.5) is 5.69 Å². The van der Waals surface area contributed by atoms with Gasteiger partial charge < -0.3 is 10.2 Å². The Labute approximate surface area is 187 Å². The van der Waals surface area contributed by atoms with Crippen LogP contribution in [-0.4, -0.2) is 45.5 Å². The zero-order chi connectivity index (χ0) is 22.2. The van der Waals surface area contributed by atoms with Gasteiger partial charge in [0.05, 0.1) is 11.4 Å².